The van der Waals surface area contributed by atoms with Crippen molar-refractivity contribution >= 4 is 36.3 Å². The topological polar surface area (TPSA) is 162 Å². The van der Waals surface area contributed by atoms with Gasteiger partial charge in [-0.25, -0.2) is 4.79 Å². The molecule has 1 heterocycles. The molecule has 0 radical (unpaired) electrons. The van der Waals surface area contributed by atoms with Crippen molar-refractivity contribution < 1.29 is 29.4 Å². The third kappa shape index (κ3) is 7.63. The van der Waals surface area contributed by atoms with E-state index >= 15 is 0 Å². The highest BCUT2D eigenvalue weighted by Crippen LogP contribution is 2.19. The summed E-state index contributed by atoms with van der Waals surface area (Å²) in [5.74, 6) is -2.43. The van der Waals surface area contributed by atoms with Gasteiger partial charge in [0.15, 0.2) is 0 Å². The molecule has 0 saturated carbocycles. The van der Waals surface area contributed by atoms with E-state index in [0.29, 0.717) is 31.4 Å². The Bertz CT molecular complexity index is 879. The summed E-state index contributed by atoms with van der Waals surface area (Å²) in [6, 6.07) is 2.28. The van der Waals surface area contributed by atoms with Gasteiger partial charge in [0.2, 0.25) is 17.7 Å². The van der Waals surface area contributed by atoms with E-state index in [9.17, 15) is 29.4 Å². The van der Waals surface area contributed by atoms with E-state index in [-0.39, 0.29) is 29.7 Å². The van der Waals surface area contributed by atoms with E-state index in [1.165, 1.54) is 17.0 Å². The highest BCUT2D eigenvalue weighted by Gasteiger charge is 2.37. The fraction of sp³-hybridized carbons (Fsp3) is 0.565. The van der Waals surface area contributed by atoms with Gasteiger partial charge < -0.3 is 31.5 Å². The number of aromatic hydroxyl groups is 1. The van der Waals surface area contributed by atoms with Crippen molar-refractivity contribution in [3.8, 4) is 5.75 Å². The second-order valence-electron chi connectivity index (χ2n) is 8.94. The molecule has 1 aliphatic heterocycles. The van der Waals surface area contributed by atoms with Gasteiger partial charge in [-0.3, -0.25) is 14.4 Å². The number of carboxylic acids is 1. The number of carbonyl (C=O) groups excluding carboxylic acids is 3. The van der Waals surface area contributed by atoms with E-state index in [1.54, 1.807) is 12.1 Å². The number of amides is 3. The van der Waals surface area contributed by atoms with Gasteiger partial charge >= 0.3 is 5.97 Å². The monoisotopic (exact) mass is 494 g/mol. The van der Waals surface area contributed by atoms with Gasteiger partial charge in [0, 0.05) is 18.7 Å². The summed E-state index contributed by atoms with van der Waals surface area (Å²) < 4.78 is 0. The SMILES string of the molecule is CC(C)C[C@H](NC(=O)[C@@H]1CCCN1C(=O)[C@@H](N)CS)C(=O)N[C@@H](Cc1ccc(O)cc1)C(=O)O. The lowest BCUT2D eigenvalue weighted by Gasteiger charge is -2.29. The number of nitrogens with one attached hydrogen (secondary N) is 2. The van der Waals surface area contributed by atoms with Crippen LogP contribution in [0.25, 0.3) is 0 Å². The molecule has 2 rings (SSSR count). The summed E-state index contributed by atoms with van der Waals surface area (Å²) in [5.41, 5.74) is 6.42. The number of phenols is 1. The lowest BCUT2D eigenvalue weighted by atomic mass is 10.0. The molecule has 6 N–H and O–H groups in total. The van der Waals surface area contributed by atoms with Crippen LogP contribution < -0.4 is 16.4 Å². The molecule has 11 heteroatoms. The first-order valence-electron chi connectivity index (χ1n) is 11.3. The summed E-state index contributed by atoms with van der Waals surface area (Å²) >= 11 is 4.05. The largest absolute Gasteiger partial charge is 0.508 e. The number of thiol groups is 1. The molecule has 1 aromatic rings. The number of hydrogen-bond acceptors (Lipinski definition) is 7. The third-order valence-corrected chi connectivity index (χ3v) is 6.08. The zero-order valence-corrected chi connectivity index (χ0v) is 20.3. The normalized spacial score (nSPS) is 18.3. The number of hydrogen-bond donors (Lipinski definition) is 6. The van der Waals surface area contributed by atoms with Crippen molar-refractivity contribution in [3.05, 3.63) is 29.8 Å². The van der Waals surface area contributed by atoms with Crippen LogP contribution in [0.5, 0.6) is 5.75 Å². The van der Waals surface area contributed by atoms with Crippen LogP contribution in [-0.4, -0.2) is 75.3 Å². The zero-order valence-electron chi connectivity index (χ0n) is 19.4. The van der Waals surface area contributed by atoms with E-state index in [0.717, 1.165) is 0 Å². The average molecular weight is 495 g/mol. The van der Waals surface area contributed by atoms with Gasteiger partial charge in [0.25, 0.3) is 0 Å². The second-order valence-corrected chi connectivity index (χ2v) is 9.30. The Morgan fingerprint density at radius 3 is 2.35 bits per heavy atom. The quantitative estimate of drug-likeness (QED) is 0.241. The number of carboxylic acid groups (broad SMARTS) is 1. The lowest BCUT2D eigenvalue weighted by molar-refractivity contribution is -0.143. The molecule has 0 unspecified atom stereocenters. The highest BCUT2D eigenvalue weighted by atomic mass is 32.1. The second kappa shape index (κ2) is 12.6. The number of phenolic OH excluding ortho intramolecular Hbond substituents is 1. The molecule has 1 fully saturated rings. The molecule has 0 spiro atoms. The summed E-state index contributed by atoms with van der Waals surface area (Å²) in [7, 11) is 0. The van der Waals surface area contributed by atoms with Gasteiger partial charge in [-0.05, 0) is 42.9 Å². The molecule has 3 amide bonds. The van der Waals surface area contributed by atoms with Crippen LogP contribution in [-0.2, 0) is 25.6 Å². The Labute approximate surface area is 204 Å². The van der Waals surface area contributed by atoms with Crippen LogP contribution in [0.4, 0.5) is 0 Å². The van der Waals surface area contributed by atoms with Crippen molar-refractivity contribution in [3.63, 3.8) is 0 Å². The lowest BCUT2D eigenvalue weighted by Crippen LogP contribution is -2.57. The van der Waals surface area contributed by atoms with Crippen molar-refractivity contribution in [2.24, 2.45) is 11.7 Å². The van der Waals surface area contributed by atoms with Crippen molar-refractivity contribution in [1.29, 1.82) is 0 Å². The molecule has 10 nitrogen and oxygen atoms in total. The number of likely N-dealkylation sites (tertiary alicyclic amines) is 1. The molecule has 1 saturated heterocycles. The molecule has 0 aliphatic carbocycles. The van der Waals surface area contributed by atoms with Crippen molar-refractivity contribution in [1.82, 2.24) is 15.5 Å². The van der Waals surface area contributed by atoms with Gasteiger partial charge in [-0.15, -0.1) is 0 Å². The van der Waals surface area contributed by atoms with Crippen LogP contribution in [0.1, 0.15) is 38.7 Å². The Balaban J connectivity index is 2.11. The van der Waals surface area contributed by atoms with Crippen LogP contribution in [0, 0.1) is 5.92 Å². The Morgan fingerprint density at radius 1 is 1.15 bits per heavy atom. The van der Waals surface area contributed by atoms with E-state index in [1.807, 2.05) is 13.8 Å². The van der Waals surface area contributed by atoms with Gasteiger partial charge in [0.05, 0.1) is 6.04 Å². The third-order valence-electron chi connectivity index (χ3n) is 5.68. The molecular weight excluding hydrogens is 460 g/mol. The molecule has 0 bridgehead atoms. The molecule has 188 valence electrons. The standard InChI is InChI=1S/C23H34N4O6S/c1-13(2)10-17(25-21(30)19-4-3-9-27(19)22(31)16(24)12-34)20(29)26-18(23(32)33)11-14-5-7-15(28)8-6-14/h5-8,13,16-19,28,34H,3-4,9-12,24H2,1-2H3,(H,25,30)(H,26,29)(H,32,33)/t16-,17-,18-,19-/m0/s1. The first-order valence-corrected chi connectivity index (χ1v) is 11.9. The Hall–Kier alpha value is -2.79. The molecule has 1 aliphatic rings. The smallest absolute Gasteiger partial charge is 0.326 e. The average Bonchev–Trinajstić information content (AvgIpc) is 3.28. The predicted molar refractivity (Wildman–Crippen MR) is 129 cm³/mol. The number of nitrogens with two attached hydrogens (primary N) is 1. The zero-order chi connectivity index (χ0) is 25.4. The Kier molecular flexibility index (Phi) is 10.2. The first-order chi connectivity index (χ1) is 16.0. The van der Waals surface area contributed by atoms with Crippen LogP contribution in [0.15, 0.2) is 24.3 Å². The van der Waals surface area contributed by atoms with Crippen molar-refractivity contribution in [2.45, 2.75) is 63.7 Å². The van der Waals surface area contributed by atoms with Crippen LogP contribution in [0.2, 0.25) is 0 Å². The number of nitrogens with zero attached hydrogens (tertiary/aromatic N) is 1. The number of benzene rings is 1. The maximum Gasteiger partial charge on any atom is 0.326 e. The predicted octanol–water partition coefficient (Wildman–Crippen LogP) is 0.283. The summed E-state index contributed by atoms with van der Waals surface area (Å²) in [6.07, 6.45) is 1.39. The Morgan fingerprint density at radius 2 is 1.79 bits per heavy atom. The summed E-state index contributed by atoms with van der Waals surface area (Å²) in [4.78, 5) is 51.8. The molecule has 0 aromatic heterocycles. The van der Waals surface area contributed by atoms with Crippen LogP contribution in [0.3, 0.4) is 0 Å². The minimum absolute atomic E-state index is 0.0101. The fourth-order valence-electron chi connectivity index (χ4n) is 3.91. The van der Waals surface area contributed by atoms with Crippen LogP contribution >= 0.6 is 12.6 Å². The maximum absolute atomic E-state index is 13.0. The summed E-state index contributed by atoms with van der Waals surface area (Å²) in [6.45, 7) is 4.16. The van der Waals surface area contributed by atoms with E-state index in [2.05, 4.69) is 23.3 Å². The molecular formula is C23H34N4O6S. The van der Waals surface area contributed by atoms with E-state index in [4.69, 9.17) is 5.73 Å². The van der Waals surface area contributed by atoms with Crippen molar-refractivity contribution in [2.75, 3.05) is 12.3 Å². The highest BCUT2D eigenvalue weighted by molar-refractivity contribution is 7.80. The maximum atomic E-state index is 13.0. The number of carbonyl (C=O) groups is 4. The van der Waals surface area contributed by atoms with E-state index < -0.39 is 42.0 Å². The van der Waals surface area contributed by atoms with Gasteiger partial charge in [-0.1, -0.05) is 26.0 Å². The number of rotatable bonds is 11. The molecule has 34 heavy (non-hydrogen) atoms. The molecule has 1 aromatic carbocycles. The minimum Gasteiger partial charge on any atom is -0.508 e. The van der Waals surface area contributed by atoms with Gasteiger partial charge in [0.1, 0.15) is 23.9 Å². The minimum atomic E-state index is -1.22. The van der Waals surface area contributed by atoms with Gasteiger partial charge in [-0.2, -0.15) is 12.6 Å². The summed E-state index contributed by atoms with van der Waals surface area (Å²) in [5, 5.41) is 24.3. The first kappa shape index (κ1) is 27.5. The molecule has 4 atom stereocenters. The fourth-order valence-corrected chi connectivity index (χ4v) is 4.06. The number of aliphatic carboxylic acids is 1.